The van der Waals surface area contributed by atoms with Gasteiger partial charge in [-0.2, -0.15) is 0 Å². The number of phenols is 1. The van der Waals surface area contributed by atoms with E-state index >= 15 is 0 Å². The fourth-order valence-corrected chi connectivity index (χ4v) is 3.67. The summed E-state index contributed by atoms with van der Waals surface area (Å²) in [6.45, 7) is 4.30. The van der Waals surface area contributed by atoms with Crippen LogP contribution in [0.4, 0.5) is 5.69 Å². The molecule has 1 fully saturated rings. The van der Waals surface area contributed by atoms with Crippen molar-refractivity contribution < 1.29 is 14.6 Å². The van der Waals surface area contributed by atoms with Gasteiger partial charge in [0.15, 0.2) is 5.17 Å². The average Bonchev–Trinajstić information content (AvgIpc) is 2.92. The molecule has 0 aliphatic carbocycles. The molecular weight excluding hydrogens is 348 g/mol. The summed E-state index contributed by atoms with van der Waals surface area (Å²) in [6.07, 6.45) is 1.81. The van der Waals surface area contributed by atoms with Crippen LogP contribution in [0.2, 0.25) is 0 Å². The third-order valence-electron chi connectivity index (χ3n) is 3.98. The molecule has 1 aliphatic rings. The maximum Gasteiger partial charge on any atom is 0.266 e. The van der Waals surface area contributed by atoms with E-state index in [0.29, 0.717) is 28.1 Å². The summed E-state index contributed by atoms with van der Waals surface area (Å²) < 4.78 is 5.35. The number of methoxy groups -OCH3 is 1. The molecule has 0 saturated carbocycles. The number of para-hydroxylation sites is 1. The van der Waals surface area contributed by atoms with Crippen LogP contribution < -0.4 is 4.74 Å². The lowest BCUT2D eigenvalue weighted by molar-refractivity contribution is -0.122. The number of aryl methyl sites for hydroxylation is 1. The van der Waals surface area contributed by atoms with Crippen LogP contribution in [0.25, 0.3) is 6.08 Å². The maximum atomic E-state index is 12.7. The van der Waals surface area contributed by atoms with Crippen molar-refractivity contribution in [1.82, 2.24) is 4.90 Å². The smallest absolute Gasteiger partial charge is 0.266 e. The van der Waals surface area contributed by atoms with Gasteiger partial charge in [0.25, 0.3) is 5.91 Å². The predicted octanol–water partition coefficient (Wildman–Crippen LogP) is 4.33. The van der Waals surface area contributed by atoms with Gasteiger partial charge >= 0.3 is 0 Å². The Kier molecular flexibility index (Phi) is 5.32. The van der Waals surface area contributed by atoms with E-state index in [4.69, 9.17) is 4.74 Å². The summed E-state index contributed by atoms with van der Waals surface area (Å²) in [5.74, 6) is 0.704. The van der Waals surface area contributed by atoms with Crippen molar-refractivity contribution in [2.45, 2.75) is 13.8 Å². The van der Waals surface area contributed by atoms with Crippen molar-refractivity contribution in [3.8, 4) is 11.5 Å². The van der Waals surface area contributed by atoms with Gasteiger partial charge in [-0.15, -0.1) is 0 Å². The number of amides is 1. The van der Waals surface area contributed by atoms with Crippen LogP contribution in [0.3, 0.4) is 0 Å². The van der Waals surface area contributed by atoms with E-state index in [-0.39, 0.29) is 11.7 Å². The summed E-state index contributed by atoms with van der Waals surface area (Å²) in [4.78, 5) is 19.4. The first kappa shape index (κ1) is 18.1. The van der Waals surface area contributed by atoms with E-state index < -0.39 is 0 Å². The normalized spacial score (nSPS) is 17.3. The molecule has 1 amide bonds. The molecule has 0 unspecified atom stereocenters. The van der Waals surface area contributed by atoms with Crippen LogP contribution >= 0.6 is 11.8 Å². The Morgan fingerprint density at radius 2 is 2.04 bits per heavy atom. The highest BCUT2D eigenvalue weighted by atomic mass is 32.2. The third-order valence-corrected chi connectivity index (χ3v) is 4.98. The highest BCUT2D eigenvalue weighted by molar-refractivity contribution is 8.18. The number of aromatic hydroxyl groups is 1. The van der Waals surface area contributed by atoms with Crippen molar-refractivity contribution >= 4 is 34.6 Å². The molecule has 0 radical (unpaired) electrons. The van der Waals surface area contributed by atoms with Crippen molar-refractivity contribution in [3.05, 3.63) is 58.5 Å². The number of rotatable bonds is 4. The average molecular weight is 368 g/mol. The number of carbonyl (C=O) groups excluding carboxylic acids is 1. The Hall–Kier alpha value is -2.73. The zero-order chi connectivity index (χ0) is 18.7. The second kappa shape index (κ2) is 7.66. The number of phenolic OH excluding ortho intramolecular Hbond substituents is 1. The fraction of sp³-hybridized carbons (Fsp3) is 0.200. The van der Waals surface area contributed by atoms with Crippen LogP contribution in [0.5, 0.6) is 11.5 Å². The molecular formula is C20H20N2O3S. The standard InChI is InChI=1S/C20H20N2O3S/c1-4-22-19(24)18(12-14-7-5-6-8-17(14)25-3)26-20(22)21-15-10-9-13(2)11-16(15)23/h5-12,23H,4H2,1-3H3/b18-12-,21-20?. The minimum absolute atomic E-state index is 0.101. The summed E-state index contributed by atoms with van der Waals surface area (Å²) in [5.41, 5.74) is 2.23. The first-order chi connectivity index (χ1) is 12.5. The molecule has 2 aromatic rings. The zero-order valence-electron chi connectivity index (χ0n) is 14.9. The van der Waals surface area contributed by atoms with Crippen molar-refractivity contribution in [2.24, 2.45) is 4.99 Å². The predicted molar refractivity (Wildman–Crippen MR) is 106 cm³/mol. The van der Waals surface area contributed by atoms with Crippen molar-refractivity contribution in [3.63, 3.8) is 0 Å². The highest BCUT2D eigenvalue weighted by Gasteiger charge is 2.32. The summed E-state index contributed by atoms with van der Waals surface area (Å²) in [6, 6.07) is 12.8. The lowest BCUT2D eigenvalue weighted by Crippen LogP contribution is -2.28. The lowest BCUT2D eigenvalue weighted by atomic mass is 10.2. The van der Waals surface area contributed by atoms with Crippen LogP contribution in [0.1, 0.15) is 18.1 Å². The Morgan fingerprint density at radius 3 is 2.73 bits per heavy atom. The van der Waals surface area contributed by atoms with Gasteiger partial charge in [0.2, 0.25) is 0 Å². The summed E-state index contributed by atoms with van der Waals surface area (Å²) in [7, 11) is 1.60. The minimum Gasteiger partial charge on any atom is -0.506 e. The van der Waals surface area contributed by atoms with Gasteiger partial charge < -0.3 is 9.84 Å². The number of aliphatic imine (C=N–C) groups is 1. The van der Waals surface area contributed by atoms with E-state index in [1.54, 1.807) is 24.1 Å². The Morgan fingerprint density at radius 1 is 1.27 bits per heavy atom. The number of carbonyl (C=O) groups is 1. The molecule has 6 heteroatoms. The largest absolute Gasteiger partial charge is 0.506 e. The van der Waals surface area contributed by atoms with E-state index in [1.807, 2.05) is 50.3 Å². The molecule has 2 aromatic carbocycles. The first-order valence-electron chi connectivity index (χ1n) is 8.26. The van der Waals surface area contributed by atoms with Gasteiger partial charge in [-0.05, 0) is 55.4 Å². The van der Waals surface area contributed by atoms with Gasteiger partial charge in [-0.1, -0.05) is 24.3 Å². The van der Waals surface area contributed by atoms with Crippen LogP contribution in [0.15, 0.2) is 52.4 Å². The SMILES string of the molecule is CCN1C(=O)/C(=C/c2ccccc2OC)SC1=Nc1ccc(C)cc1O. The molecule has 0 aromatic heterocycles. The number of hydrogen-bond acceptors (Lipinski definition) is 5. The third kappa shape index (κ3) is 3.60. The number of likely N-dealkylation sites (N-methyl/N-ethyl adjacent to an activating group) is 1. The van der Waals surface area contributed by atoms with Crippen molar-refractivity contribution in [1.29, 1.82) is 0 Å². The Bertz CT molecular complexity index is 906. The van der Waals surface area contributed by atoms with Crippen molar-refractivity contribution in [2.75, 3.05) is 13.7 Å². The van der Waals surface area contributed by atoms with E-state index in [1.165, 1.54) is 11.8 Å². The van der Waals surface area contributed by atoms with Crippen LogP contribution in [0, 0.1) is 6.92 Å². The van der Waals surface area contributed by atoms with E-state index in [0.717, 1.165) is 11.1 Å². The quantitative estimate of drug-likeness (QED) is 0.816. The van der Waals surface area contributed by atoms with E-state index in [2.05, 4.69) is 4.99 Å². The highest BCUT2D eigenvalue weighted by Crippen LogP contribution is 2.37. The number of amidine groups is 1. The van der Waals surface area contributed by atoms with Gasteiger partial charge in [0, 0.05) is 12.1 Å². The van der Waals surface area contributed by atoms with E-state index in [9.17, 15) is 9.90 Å². The zero-order valence-corrected chi connectivity index (χ0v) is 15.7. The summed E-state index contributed by atoms with van der Waals surface area (Å²) >= 11 is 1.29. The van der Waals surface area contributed by atoms with Crippen LogP contribution in [-0.2, 0) is 4.79 Å². The molecule has 1 heterocycles. The van der Waals surface area contributed by atoms with Gasteiger partial charge in [-0.3, -0.25) is 9.69 Å². The number of ether oxygens (including phenoxy) is 1. The second-order valence-electron chi connectivity index (χ2n) is 5.79. The monoisotopic (exact) mass is 368 g/mol. The fourth-order valence-electron chi connectivity index (χ4n) is 2.63. The maximum absolute atomic E-state index is 12.7. The summed E-state index contributed by atoms with van der Waals surface area (Å²) in [5, 5.41) is 10.6. The molecule has 1 aliphatic heterocycles. The second-order valence-corrected chi connectivity index (χ2v) is 6.80. The minimum atomic E-state index is -0.103. The molecule has 1 saturated heterocycles. The molecule has 26 heavy (non-hydrogen) atoms. The Balaban J connectivity index is 1.98. The number of thioether (sulfide) groups is 1. The van der Waals surface area contributed by atoms with Gasteiger partial charge in [0.1, 0.15) is 17.2 Å². The molecule has 134 valence electrons. The number of nitrogens with zero attached hydrogens (tertiary/aromatic N) is 2. The molecule has 3 rings (SSSR count). The number of benzene rings is 2. The first-order valence-corrected chi connectivity index (χ1v) is 9.08. The molecule has 5 nitrogen and oxygen atoms in total. The Labute approximate surface area is 157 Å². The molecule has 0 atom stereocenters. The molecule has 1 N–H and O–H groups in total. The van der Waals surface area contributed by atoms with Crippen LogP contribution in [-0.4, -0.2) is 34.7 Å². The topological polar surface area (TPSA) is 62.1 Å². The lowest BCUT2D eigenvalue weighted by Gasteiger charge is -2.12. The molecule has 0 bridgehead atoms. The van der Waals surface area contributed by atoms with Gasteiger partial charge in [0.05, 0.1) is 12.0 Å². The molecule has 0 spiro atoms. The number of hydrogen-bond donors (Lipinski definition) is 1. The van der Waals surface area contributed by atoms with Gasteiger partial charge in [-0.25, -0.2) is 4.99 Å².